The number of nitrogens with zero attached hydrogens (tertiary/aromatic N) is 5. The molecule has 1 aromatic carbocycles. The highest BCUT2D eigenvalue weighted by atomic mass is 16.4. The molecule has 2 aliphatic rings. The van der Waals surface area contributed by atoms with Crippen LogP contribution in [-0.4, -0.2) is 49.9 Å². The van der Waals surface area contributed by atoms with Crippen LogP contribution in [0.1, 0.15) is 32.6 Å². The number of aryl methyl sites for hydroxylation is 1. The van der Waals surface area contributed by atoms with Crippen LogP contribution in [0.5, 0.6) is 0 Å². The zero-order valence-corrected chi connectivity index (χ0v) is 16.2. The third-order valence-electron chi connectivity index (χ3n) is 6.22. The molecule has 3 aromatic rings. The van der Waals surface area contributed by atoms with Crippen LogP contribution in [-0.2, 0) is 11.8 Å². The van der Waals surface area contributed by atoms with Gasteiger partial charge in [0, 0.05) is 31.1 Å². The van der Waals surface area contributed by atoms with E-state index in [1.165, 1.54) is 12.8 Å². The van der Waals surface area contributed by atoms with E-state index in [4.69, 9.17) is 4.42 Å². The summed E-state index contributed by atoms with van der Waals surface area (Å²) in [6, 6.07) is 5.73. The van der Waals surface area contributed by atoms with Gasteiger partial charge in [-0.2, -0.15) is 5.10 Å². The Kier molecular flexibility index (Phi) is 3.89. The molecule has 1 N–H and O–H groups in total. The second-order valence-corrected chi connectivity index (χ2v) is 8.15. The molecule has 2 aromatic heterocycles. The van der Waals surface area contributed by atoms with Crippen LogP contribution in [0, 0.1) is 5.41 Å². The number of piperidine rings is 1. The molecular formula is C20H24N6O2. The molecule has 28 heavy (non-hydrogen) atoms. The SMILES string of the molecule is C[C@H](Nc1nnc(-c2ccc3c(cnn3C)c2)o1)C(=O)N1CCC2(CC1)CC2. The predicted octanol–water partition coefficient (Wildman–Crippen LogP) is 2.83. The van der Waals surface area contributed by atoms with Crippen molar-refractivity contribution in [3.8, 4) is 11.5 Å². The number of likely N-dealkylation sites (tertiary alicyclic amines) is 1. The first-order chi connectivity index (χ1) is 13.5. The minimum Gasteiger partial charge on any atom is -0.403 e. The molecule has 3 heterocycles. The van der Waals surface area contributed by atoms with Crippen LogP contribution in [0.3, 0.4) is 0 Å². The third kappa shape index (κ3) is 3.02. The van der Waals surface area contributed by atoms with Crippen LogP contribution >= 0.6 is 0 Å². The first-order valence-electron chi connectivity index (χ1n) is 9.84. The molecule has 1 aliphatic heterocycles. The molecular weight excluding hydrogens is 356 g/mol. The number of hydrogen-bond acceptors (Lipinski definition) is 6. The standard InChI is InChI=1S/C20H24N6O2/c1-13(18(27)26-9-7-20(5-6-20)8-10-26)22-19-24-23-17(28-19)14-3-4-16-15(11-14)12-21-25(16)2/h3-4,11-13H,5-10H2,1-2H3,(H,22,24)/t13-/m0/s1. The number of benzene rings is 1. The lowest BCUT2D eigenvalue weighted by Gasteiger charge is -2.33. The van der Waals surface area contributed by atoms with Gasteiger partial charge >= 0.3 is 6.01 Å². The normalized spacial score (nSPS) is 19.1. The minimum atomic E-state index is -0.401. The van der Waals surface area contributed by atoms with Crippen LogP contribution in [0.25, 0.3) is 22.4 Å². The quantitative estimate of drug-likeness (QED) is 0.749. The van der Waals surface area contributed by atoms with Gasteiger partial charge in [-0.3, -0.25) is 9.48 Å². The van der Waals surface area contributed by atoms with Gasteiger partial charge in [-0.15, -0.1) is 5.10 Å². The lowest BCUT2D eigenvalue weighted by Crippen LogP contribution is -2.45. The van der Waals surface area contributed by atoms with Crippen molar-refractivity contribution in [1.82, 2.24) is 24.9 Å². The lowest BCUT2D eigenvalue weighted by atomic mass is 9.93. The molecule has 8 nitrogen and oxygen atoms in total. The van der Waals surface area contributed by atoms with Crippen molar-refractivity contribution in [2.24, 2.45) is 12.5 Å². The van der Waals surface area contributed by atoms with E-state index in [1.807, 2.05) is 41.8 Å². The Bertz CT molecular complexity index is 1020. The minimum absolute atomic E-state index is 0.0898. The molecule has 1 spiro atoms. The lowest BCUT2D eigenvalue weighted by molar-refractivity contribution is -0.133. The monoisotopic (exact) mass is 380 g/mol. The van der Waals surface area contributed by atoms with E-state index in [-0.39, 0.29) is 11.9 Å². The first kappa shape index (κ1) is 17.2. The summed E-state index contributed by atoms with van der Waals surface area (Å²) in [4.78, 5) is 14.7. The number of anilines is 1. The fraction of sp³-hybridized carbons (Fsp3) is 0.500. The largest absolute Gasteiger partial charge is 0.403 e. The Morgan fingerprint density at radius 1 is 1.21 bits per heavy atom. The van der Waals surface area contributed by atoms with Crippen molar-refractivity contribution in [2.75, 3.05) is 18.4 Å². The van der Waals surface area contributed by atoms with Crippen LogP contribution < -0.4 is 5.32 Å². The average molecular weight is 380 g/mol. The molecule has 0 bridgehead atoms. The van der Waals surface area contributed by atoms with Crippen molar-refractivity contribution in [2.45, 2.75) is 38.6 Å². The molecule has 1 aliphatic carbocycles. The molecule has 1 saturated heterocycles. The number of carbonyl (C=O) groups is 1. The van der Waals surface area contributed by atoms with E-state index in [1.54, 1.807) is 6.20 Å². The molecule has 1 saturated carbocycles. The maximum absolute atomic E-state index is 12.7. The molecule has 0 radical (unpaired) electrons. The Morgan fingerprint density at radius 3 is 2.75 bits per heavy atom. The van der Waals surface area contributed by atoms with Crippen molar-refractivity contribution in [3.63, 3.8) is 0 Å². The average Bonchev–Trinajstić information content (AvgIpc) is 3.12. The number of aromatic nitrogens is 4. The van der Waals surface area contributed by atoms with Crippen molar-refractivity contribution in [1.29, 1.82) is 0 Å². The van der Waals surface area contributed by atoms with Crippen LogP contribution in [0.15, 0.2) is 28.8 Å². The maximum Gasteiger partial charge on any atom is 0.316 e. The highest BCUT2D eigenvalue weighted by Crippen LogP contribution is 2.53. The molecule has 146 valence electrons. The predicted molar refractivity (Wildman–Crippen MR) is 105 cm³/mol. The van der Waals surface area contributed by atoms with Gasteiger partial charge in [0.25, 0.3) is 0 Å². The zero-order valence-electron chi connectivity index (χ0n) is 16.2. The zero-order chi connectivity index (χ0) is 19.3. The smallest absolute Gasteiger partial charge is 0.316 e. The Morgan fingerprint density at radius 2 is 2.00 bits per heavy atom. The maximum atomic E-state index is 12.7. The van der Waals surface area contributed by atoms with Gasteiger partial charge in [-0.1, -0.05) is 5.10 Å². The second-order valence-electron chi connectivity index (χ2n) is 8.15. The Labute approximate surface area is 162 Å². The summed E-state index contributed by atoms with van der Waals surface area (Å²) in [7, 11) is 1.90. The number of fused-ring (bicyclic) bond motifs is 1. The van der Waals surface area contributed by atoms with E-state index in [0.29, 0.717) is 11.3 Å². The summed E-state index contributed by atoms with van der Waals surface area (Å²) in [6.45, 7) is 3.55. The fourth-order valence-electron chi connectivity index (χ4n) is 4.09. The van der Waals surface area contributed by atoms with Crippen molar-refractivity contribution < 1.29 is 9.21 Å². The summed E-state index contributed by atoms with van der Waals surface area (Å²) in [5, 5.41) is 16.5. The summed E-state index contributed by atoms with van der Waals surface area (Å²) in [5.74, 6) is 0.508. The number of amides is 1. The van der Waals surface area contributed by atoms with Gasteiger partial charge in [0.15, 0.2) is 0 Å². The molecule has 2 fully saturated rings. The number of carbonyl (C=O) groups excluding carboxylic acids is 1. The molecule has 0 unspecified atom stereocenters. The summed E-state index contributed by atoms with van der Waals surface area (Å²) >= 11 is 0. The van der Waals surface area contributed by atoms with Gasteiger partial charge in [0.05, 0.1) is 11.7 Å². The van der Waals surface area contributed by atoms with Crippen molar-refractivity contribution in [3.05, 3.63) is 24.4 Å². The molecule has 1 amide bonds. The number of hydrogen-bond donors (Lipinski definition) is 1. The molecule has 8 heteroatoms. The van der Waals surface area contributed by atoms with E-state index < -0.39 is 6.04 Å². The summed E-state index contributed by atoms with van der Waals surface area (Å²) in [6.07, 6.45) is 6.73. The van der Waals surface area contributed by atoms with Gasteiger partial charge < -0.3 is 14.6 Å². The number of nitrogens with one attached hydrogen (secondary N) is 1. The second kappa shape index (κ2) is 6.32. The summed E-state index contributed by atoms with van der Waals surface area (Å²) in [5.41, 5.74) is 2.42. The highest BCUT2D eigenvalue weighted by Gasteiger charge is 2.45. The van der Waals surface area contributed by atoms with E-state index in [9.17, 15) is 4.79 Å². The van der Waals surface area contributed by atoms with E-state index in [2.05, 4.69) is 20.6 Å². The van der Waals surface area contributed by atoms with Crippen LogP contribution in [0.4, 0.5) is 6.01 Å². The van der Waals surface area contributed by atoms with Gasteiger partial charge in [-0.05, 0) is 56.2 Å². The van der Waals surface area contributed by atoms with E-state index >= 15 is 0 Å². The highest BCUT2D eigenvalue weighted by molar-refractivity contribution is 5.84. The van der Waals surface area contributed by atoms with Gasteiger partial charge in [-0.25, -0.2) is 0 Å². The third-order valence-corrected chi connectivity index (χ3v) is 6.22. The Balaban J connectivity index is 1.25. The molecule has 5 rings (SSSR count). The number of rotatable bonds is 4. The van der Waals surface area contributed by atoms with Gasteiger partial charge in [0.2, 0.25) is 11.8 Å². The van der Waals surface area contributed by atoms with Gasteiger partial charge in [0.1, 0.15) is 6.04 Å². The molecule has 1 atom stereocenters. The topological polar surface area (TPSA) is 89.1 Å². The summed E-state index contributed by atoms with van der Waals surface area (Å²) < 4.78 is 7.56. The fourth-order valence-corrected chi connectivity index (χ4v) is 4.09. The Hall–Kier alpha value is -2.90. The van der Waals surface area contributed by atoms with E-state index in [0.717, 1.165) is 42.4 Å². The first-order valence-corrected chi connectivity index (χ1v) is 9.84. The van der Waals surface area contributed by atoms with Crippen molar-refractivity contribution >= 4 is 22.8 Å². The van der Waals surface area contributed by atoms with Crippen LogP contribution in [0.2, 0.25) is 0 Å².